The van der Waals surface area contributed by atoms with Gasteiger partial charge in [-0.25, -0.2) is 9.97 Å². The van der Waals surface area contributed by atoms with Gasteiger partial charge >= 0.3 is 0 Å². The van der Waals surface area contributed by atoms with Crippen molar-refractivity contribution >= 4 is 5.95 Å². The number of rotatable bonds is 3. The van der Waals surface area contributed by atoms with Crippen molar-refractivity contribution in [3.8, 4) is 22.6 Å². The molecule has 6 nitrogen and oxygen atoms in total. The Hall–Kier alpha value is -2.89. The van der Waals surface area contributed by atoms with Crippen LogP contribution in [0.25, 0.3) is 22.6 Å². The largest absolute Gasteiger partial charge is 0.463 e. The van der Waals surface area contributed by atoms with E-state index in [1.165, 1.54) is 6.07 Å². The van der Waals surface area contributed by atoms with Crippen LogP contribution in [0, 0.1) is 0 Å². The van der Waals surface area contributed by atoms with Gasteiger partial charge in [0.25, 0.3) is 5.56 Å². The van der Waals surface area contributed by atoms with Gasteiger partial charge in [0.05, 0.1) is 6.26 Å². The zero-order valence-corrected chi connectivity index (χ0v) is 12.4. The first-order valence-electron chi connectivity index (χ1n) is 6.95. The van der Waals surface area contributed by atoms with Crippen LogP contribution in [0.15, 0.2) is 52.1 Å². The minimum Gasteiger partial charge on any atom is -0.463 e. The highest BCUT2D eigenvalue weighted by molar-refractivity contribution is 5.78. The first-order valence-corrected chi connectivity index (χ1v) is 6.95. The summed E-state index contributed by atoms with van der Waals surface area (Å²) < 4.78 is 7.09. The molecule has 6 heteroatoms. The molecule has 0 radical (unpaired) electrons. The number of hydrogen-bond acceptors (Lipinski definition) is 5. The van der Waals surface area contributed by atoms with E-state index in [1.807, 2.05) is 19.9 Å². The second-order valence-electron chi connectivity index (χ2n) is 5.22. The molecule has 0 saturated carbocycles. The third-order valence-corrected chi connectivity index (χ3v) is 3.37. The van der Waals surface area contributed by atoms with Gasteiger partial charge in [0, 0.05) is 35.6 Å². The van der Waals surface area contributed by atoms with Gasteiger partial charge in [-0.05, 0) is 32.0 Å². The Morgan fingerprint density at radius 3 is 2.77 bits per heavy atom. The van der Waals surface area contributed by atoms with Gasteiger partial charge in [0.2, 0.25) is 5.95 Å². The fourth-order valence-corrected chi connectivity index (χ4v) is 2.27. The highest BCUT2D eigenvalue weighted by Gasteiger charge is 2.14. The Morgan fingerprint density at radius 1 is 1.27 bits per heavy atom. The number of nitrogens with two attached hydrogens (primary N) is 1. The maximum Gasteiger partial charge on any atom is 0.250 e. The lowest BCUT2D eigenvalue weighted by Crippen LogP contribution is -2.20. The quantitative estimate of drug-likeness (QED) is 0.803. The highest BCUT2D eigenvalue weighted by atomic mass is 16.3. The SMILES string of the molecule is CC(C)n1cc(-c2cnc(N)nc2-c2ccco2)ccc1=O. The van der Waals surface area contributed by atoms with Crippen LogP contribution in [0.3, 0.4) is 0 Å². The number of nitrogens with zero attached hydrogens (tertiary/aromatic N) is 3. The standard InChI is InChI=1S/C16H16N4O2/c1-10(2)20-9-11(5-6-14(20)21)12-8-18-16(17)19-15(12)13-4-3-7-22-13/h3-10H,1-2H3,(H2,17,18,19). The topological polar surface area (TPSA) is 86.9 Å². The molecule has 0 atom stereocenters. The first kappa shape index (κ1) is 14.1. The molecule has 0 spiro atoms. The fraction of sp³-hybridized carbons (Fsp3) is 0.188. The van der Waals surface area contributed by atoms with Gasteiger partial charge in [-0.15, -0.1) is 0 Å². The summed E-state index contributed by atoms with van der Waals surface area (Å²) in [4.78, 5) is 20.2. The molecule has 3 aromatic rings. The molecule has 0 aromatic carbocycles. The van der Waals surface area contributed by atoms with Crippen molar-refractivity contribution in [2.75, 3.05) is 5.73 Å². The summed E-state index contributed by atoms with van der Waals surface area (Å²) in [6.07, 6.45) is 5.02. The van der Waals surface area contributed by atoms with Crippen LogP contribution in [0.2, 0.25) is 0 Å². The van der Waals surface area contributed by atoms with E-state index >= 15 is 0 Å². The number of anilines is 1. The van der Waals surface area contributed by atoms with Crippen LogP contribution in [-0.4, -0.2) is 14.5 Å². The van der Waals surface area contributed by atoms with Crippen LogP contribution >= 0.6 is 0 Å². The van der Waals surface area contributed by atoms with Crippen LogP contribution < -0.4 is 11.3 Å². The van der Waals surface area contributed by atoms with Crippen LogP contribution in [-0.2, 0) is 0 Å². The summed E-state index contributed by atoms with van der Waals surface area (Å²) in [5, 5.41) is 0. The molecule has 2 N–H and O–H groups in total. The second kappa shape index (κ2) is 5.48. The number of aromatic nitrogens is 3. The average Bonchev–Trinajstić information content (AvgIpc) is 3.02. The number of furan rings is 1. The highest BCUT2D eigenvalue weighted by Crippen LogP contribution is 2.30. The summed E-state index contributed by atoms with van der Waals surface area (Å²) >= 11 is 0. The molecular formula is C16H16N4O2. The van der Waals surface area contributed by atoms with Gasteiger partial charge in [-0.2, -0.15) is 0 Å². The Morgan fingerprint density at radius 2 is 2.09 bits per heavy atom. The zero-order chi connectivity index (χ0) is 15.7. The number of hydrogen-bond donors (Lipinski definition) is 1. The molecule has 112 valence electrons. The van der Waals surface area contributed by atoms with Crippen LogP contribution in [0.4, 0.5) is 5.95 Å². The van der Waals surface area contributed by atoms with Crippen molar-refractivity contribution in [3.63, 3.8) is 0 Å². The summed E-state index contributed by atoms with van der Waals surface area (Å²) in [5.74, 6) is 0.777. The normalized spacial score (nSPS) is 11.0. The molecule has 0 bridgehead atoms. The molecule has 0 amide bonds. The van der Waals surface area contributed by atoms with E-state index in [9.17, 15) is 4.79 Å². The minimum atomic E-state index is -0.0466. The van der Waals surface area contributed by atoms with Gasteiger partial charge in [-0.1, -0.05) is 0 Å². The van der Waals surface area contributed by atoms with Crippen LogP contribution in [0.1, 0.15) is 19.9 Å². The van der Waals surface area contributed by atoms with Gasteiger partial charge in [0.15, 0.2) is 5.76 Å². The van der Waals surface area contributed by atoms with Crippen molar-refractivity contribution in [1.82, 2.24) is 14.5 Å². The number of pyridine rings is 1. The van der Waals surface area contributed by atoms with Crippen molar-refractivity contribution < 1.29 is 4.42 Å². The summed E-state index contributed by atoms with van der Waals surface area (Å²) in [6.45, 7) is 3.91. The van der Waals surface area contributed by atoms with E-state index in [-0.39, 0.29) is 17.5 Å². The van der Waals surface area contributed by atoms with Crippen molar-refractivity contribution in [3.05, 3.63) is 53.3 Å². The molecule has 3 heterocycles. The lowest BCUT2D eigenvalue weighted by atomic mass is 10.1. The van der Waals surface area contributed by atoms with E-state index in [2.05, 4.69) is 9.97 Å². The molecular weight excluding hydrogens is 280 g/mol. The Kier molecular flexibility index (Phi) is 3.50. The monoisotopic (exact) mass is 296 g/mol. The first-order chi connectivity index (χ1) is 10.6. The molecule has 22 heavy (non-hydrogen) atoms. The van der Waals surface area contributed by atoms with E-state index in [1.54, 1.807) is 35.4 Å². The summed E-state index contributed by atoms with van der Waals surface area (Å²) in [7, 11) is 0. The maximum absolute atomic E-state index is 11.9. The average molecular weight is 296 g/mol. The minimum absolute atomic E-state index is 0.0466. The molecule has 0 aliphatic rings. The maximum atomic E-state index is 11.9. The van der Waals surface area contributed by atoms with Gasteiger partial charge in [0.1, 0.15) is 5.69 Å². The van der Waals surface area contributed by atoms with Crippen LogP contribution in [0.5, 0.6) is 0 Å². The molecule has 0 saturated heterocycles. The van der Waals surface area contributed by atoms with E-state index in [4.69, 9.17) is 10.2 Å². The molecule has 3 aromatic heterocycles. The third kappa shape index (κ3) is 2.50. The predicted molar refractivity (Wildman–Crippen MR) is 84.2 cm³/mol. The van der Waals surface area contributed by atoms with Crippen molar-refractivity contribution in [2.24, 2.45) is 0 Å². The zero-order valence-electron chi connectivity index (χ0n) is 12.4. The summed E-state index contributed by atoms with van der Waals surface area (Å²) in [5.41, 5.74) is 7.85. The fourth-order valence-electron chi connectivity index (χ4n) is 2.27. The number of nitrogen functional groups attached to an aromatic ring is 1. The molecule has 0 aliphatic carbocycles. The van der Waals surface area contributed by atoms with E-state index in [0.29, 0.717) is 11.5 Å². The Labute approximate surface area is 127 Å². The second-order valence-corrected chi connectivity index (χ2v) is 5.22. The van der Waals surface area contributed by atoms with Crippen molar-refractivity contribution in [2.45, 2.75) is 19.9 Å². The lowest BCUT2D eigenvalue weighted by Gasteiger charge is -2.13. The molecule has 0 fully saturated rings. The van der Waals surface area contributed by atoms with Gasteiger partial charge < -0.3 is 14.7 Å². The van der Waals surface area contributed by atoms with E-state index < -0.39 is 0 Å². The summed E-state index contributed by atoms with van der Waals surface area (Å²) in [6, 6.07) is 6.95. The van der Waals surface area contributed by atoms with E-state index in [0.717, 1.165) is 11.1 Å². The Bertz CT molecular complexity index is 851. The third-order valence-electron chi connectivity index (χ3n) is 3.37. The Balaban J connectivity index is 2.21. The van der Waals surface area contributed by atoms with Gasteiger partial charge in [-0.3, -0.25) is 4.79 Å². The molecule has 3 rings (SSSR count). The lowest BCUT2D eigenvalue weighted by molar-refractivity contribution is 0.578. The molecule has 0 unspecified atom stereocenters. The molecule has 0 aliphatic heterocycles. The smallest absolute Gasteiger partial charge is 0.250 e. The predicted octanol–water partition coefficient (Wildman–Crippen LogP) is 2.73. The van der Waals surface area contributed by atoms with Crippen molar-refractivity contribution in [1.29, 1.82) is 0 Å².